The van der Waals surface area contributed by atoms with E-state index in [-0.39, 0.29) is 5.56 Å². The molecule has 9 nitrogen and oxygen atoms in total. The van der Waals surface area contributed by atoms with Crippen LogP contribution in [0, 0.1) is 0 Å². The molecule has 12 heteroatoms. The number of nitrogens with zero attached hydrogens (tertiary/aromatic N) is 1. The van der Waals surface area contributed by atoms with Crippen molar-refractivity contribution in [2.45, 2.75) is 44.3 Å². The Labute approximate surface area is 146 Å². The fraction of sp³-hybridized carbons (Fsp3) is 0.667. The molecule has 1 aromatic heterocycles. The number of aliphatic hydroxyl groups excluding tert-OH is 2. The highest BCUT2D eigenvalue weighted by Crippen LogP contribution is 2.57. The minimum absolute atomic E-state index is 0.0166. The lowest BCUT2D eigenvalue weighted by Gasteiger charge is -2.15. The molecule has 24 heavy (non-hydrogen) atoms. The number of hydrogen-bond acceptors (Lipinski definition) is 7. The van der Waals surface area contributed by atoms with Crippen molar-refractivity contribution in [3.05, 3.63) is 32.6 Å². The number of aliphatic hydroxyl groups is 2. The van der Waals surface area contributed by atoms with Crippen molar-refractivity contribution < 1.29 is 24.0 Å². The van der Waals surface area contributed by atoms with Gasteiger partial charge in [0.15, 0.2) is 0 Å². The zero-order chi connectivity index (χ0) is 18.1. The van der Waals surface area contributed by atoms with E-state index in [1.807, 2.05) is 6.92 Å². The fourth-order valence-electron chi connectivity index (χ4n) is 2.44. The number of nitrogens with one attached hydrogen (secondary N) is 1. The van der Waals surface area contributed by atoms with E-state index in [1.165, 1.54) is 10.8 Å². The number of aryl methyl sites for hydroxylation is 1. The summed E-state index contributed by atoms with van der Waals surface area (Å²) in [5, 5.41) is 20.1. The Hall–Kier alpha value is -0.670. The molecule has 0 aromatic carbocycles. The summed E-state index contributed by atoms with van der Waals surface area (Å²) in [7, 11) is 0. The third-order valence-corrected chi connectivity index (χ3v) is 4.60. The molecule has 2 rings (SSSR count). The van der Waals surface area contributed by atoms with E-state index in [9.17, 15) is 24.4 Å². The van der Waals surface area contributed by atoms with Crippen molar-refractivity contribution in [3.8, 4) is 0 Å². The third-order valence-electron chi connectivity index (χ3n) is 3.56. The fourth-order valence-corrected chi connectivity index (χ4v) is 3.10. The number of aromatic amines is 1. The third kappa shape index (κ3) is 4.49. The maximum absolute atomic E-state index is 12.0. The monoisotopic (exact) mass is 402 g/mol. The van der Waals surface area contributed by atoms with Gasteiger partial charge in [-0.25, -0.2) is 4.79 Å². The predicted octanol–water partition coefficient (Wildman–Crippen LogP) is 0.711. The van der Waals surface area contributed by atoms with Crippen molar-refractivity contribution in [2.75, 3.05) is 6.61 Å². The summed E-state index contributed by atoms with van der Waals surface area (Å²) in [4.78, 5) is 25.8. The van der Waals surface area contributed by atoms with Crippen molar-refractivity contribution in [1.29, 1.82) is 0 Å². The van der Waals surface area contributed by atoms with Gasteiger partial charge in [-0.05, 0) is 28.9 Å². The summed E-state index contributed by atoms with van der Waals surface area (Å²) >= 11 is 10.5. The molecule has 4 atom stereocenters. The average molecular weight is 403 g/mol. The first kappa shape index (κ1) is 19.7. The molecular weight excluding hydrogens is 386 g/mol. The molecule has 2 heterocycles. The zero-order valence-corrected chi connectivity index (χ0v) is 15.0. The Morgan fingerprint density at radius 1 is 1.38 bits per heavy atom. The summed E-state index contributed by atoms with van der Waals surface area (Å²) in [5.74, 6) is 0. The molecule has 0 spiro atoms. The quantitative estimate of drug-likeness (QED) is 0.597. The van der Waals surface area contributed by atoms with E-state index < -0.39 is 48.3 Å². The van der Waals surface area contributed by atoms with Crippen LogP contribution in [-0.2, 0) is 20.4 Å². The lowest BCUT2D eigenvalue weighted by Crippen LogP contribution is -2.36. The van der Waals surface area contributed by atoms with Gasteiger partial charge in [-0.1, -0.05) is 6.92 Å². The lowest BCUT2D eigenvalue weighted by atomic mass is 10.0. The van der Waals surface area contributed by atoms with Crippen LogP contribution in [0.3, 0.4) is 0 Å². The van der Waals surface area contributed by atoms with Gasteiger partial charge >= 0.3 is 11.8 Å². The summed E-state index contributed by atoms with van der Waals surface area (Å²) in [6, 6.07) is 0. The SMILES string of the molecule is CCCn1cc([C@@H]2O[C@H](COP(=O)(Cl)Cl)[C@H](O)C2O)c(=O)[nH]c1=O. The molecule has 1 fully saturated rings. The van der Waals surface area contributed by atoms with E-state index in [0.29, 0.717) is 13.0 Å². The van der Waals surface area contributed by atoms with Crippen LogP contribution in [0.5, 0.6) is 0 Å². The summed E-state index contributed by atoms with van der Waals surface area (Å²) in [6.45, 7) is 1.78. The Morgan fingerprint density at radius 2 is 2.04 bits per heavy atom. The summed E-state index contributed by atoms with van der Waals surface area (Å²) in [6.07, 6.45) is -7.05. The van der Waals surface area contributed by atoms with E-state index in [0.717, 1.165) is 0 Å². The number of rotatable bonds is 6. The largest absolute Gasteiger partial charge is 0.387 e. The highest BCUT2D eigenvalue weighted by atomic mass is 35.9. The summed E-state index contributed by atoms with van der Waals surface area (Å²) < 4.78 is 22.5. The molecule has 3 N–H and O–H groups in total. The number of ether oxygens (including phenoxy) is 1. The number of H-pyrrole nitrogens is 1. The number of halogens is 2. The average Bonchev–Trinajstić information content (AvgIpc) is 2.75. The van der Waals surface area contributed by atoms with E-state index in [4.69, 9.17) is 27.2 Å². The van der Waals surface area contributed by atoms with Crippen LogP contribution in [0.25, 0.3) is 0 Å². The second-order valence-corrected chi connectivity index (χ2v) is 9.60. The van der Waals surface area contributed by atoms with Crippen LogP contribution in [0.15, 0.2) is 15.8 Å². The molecular formula is C12H17Cl2N2O7P. The van der Waals surface area contributed by atoms with Crippen molar-refractivity contribution in [2.24, 2.45) is 0 Å². The van der Waals surface area contributed by atoms with Crippen LogP contribution in [0.1, 0.15) is 25.0 Å². The molecule has 1 saturated heterocycles. The van der Waals surface area contributed by atoms with Crippen LogP contribution >= 0.6 is 28.6 Å². The highest BCUT2D eigenvalue weighted by Gasteiger charge is 2.45. The van der Waals surface area contributed by atoms with E-state index in [2.05, 4.69) is 9.51 Å². The van der Waals surface area contributed by atoms with E-state index >= 15 is 0 Å². The van der Waals surface area contributed by atoms with Crippen LogP contribution in [-0.4, -0.2) is 44.7 Å². The normalized spacial score (nSPS) is 27.5. The van der Waals surface area contributed by atoms with Crippen molar-refractivity contribution >= 4 is 28.6 Å². The molecule has 1 aliphatic heterocycles. The Kier molecular flexibility index (Phi) is 6.30. The lowest BCUT2D eigenvalue weighted by molar-refractivity contribution is -0.0159. The predicted molar refractivity (Wildman–Crippen MR) is 86.5 cm³/mol. The second-order valence-electron chi connectivity index (χ2n) is 5.32. The highest BCUT2D eigenvalue weighted by molar-refractivity contribution is 8.05. The van der Waals surface area contributed by atoms with Crippen molar-refractivity contribution in [1.82, 2.24) is 9.55 Å². The molecule has 136 valence electrons. The zero-order valence-electron chi connectivity index (χ0n) is 12.6. The van der Waals surface area contributed by atoms with Gasteiger partial charge in [0, 0.05) is 12.7 Å². The molecule has 1 aromatic rings. The van der Waals surface area contributed by atoms with Crippen LogP contribution < -0.4 is 11.2 Å². The number of aromatic nitrogens is 2. The number of hydrogen-bond donors (Lipinski definition) is 3. The molecule has 1 unspecified atom stereocenters. The second kappa shape index (κ2) is 7.70. The molecule has 0 amide bonds. The van der Waals surface area contributed by atoms with Crippen molar-refractivity contribution in [3.63, 3.8) is 0 Å². The maximum Gasteiger partial charge on any atom is 0.380 e. The molecule has 0 saturated carbocycles. The van der Waals surface area contributed by atoms with Gasteiger partial charge in [0.2, 0.25) is 0 Å². The smallest absolute Gasteiger partial charge is 0.380 e. The first-order valence-corrected chi connectivity index (χ1v) is 10.6. The Balaban J connectivity index is 2.26. The van der Waals surface area contributed by atoms with Gasteiger partial charge in [-0.2, -0.15) is 0 Å². The van der Waals surface area contributed by atoms with E-state index in [1.54, 1.807) is 0 Å². The van der Waals surface area contributed by atoms with Gasteiger partial charge < -0.3 is 24.0 Å². The standard InChI is InChI=1S/C12H17Cl2N2O7P/c1-2-3-16-4-6(11(19)15-12(16)20)10-9(18)8(17)7(23-10)5-22-24(13,14)21/h4,7-10,17-18H,2-3,5H2,1H3,(H,15,19,20)/t7-,8+,9?,10+/m1/s1. The van der Waals surface area contributed by atoms with Gasteiger partial charge in [0.1, 0.15) is 24.4 Å². The van der Waals surface area contributed by atoms with Crippen LogP contribution in [0.4, 0.5) is 0 Å². The minimum atomic E-state index is -3.83. The van der Waals surface area contributed by atoms with Gasteiger partial charge in [0.05, 0.1) is 12.2 Å². The van der Waals surface area contributed by atoms with Gasteiger partial charge in [0.25, 0.3) is 5.56 Å². The molecule has 0 radical (unpaired) electrons. The molecule has 0 bridgehead atoms. The first-order valence-electron chi connectivity index (χ1n) is 7.13. The Morgan fingerprint density at radius 3 is 2.62 bits per heavy atom. The molecule has 1 aliphatic rings. The maximum atomic E-state index is 12.0. The first-order chi connectivity index (χ1) is 11.1. The minimum Gasteiger partial charge on any atom is -0.387 e. The summed E-state index contributed by atoms with van der Waals surface area (Å²) in [5.41, 5.74) is -1.33. The Bertz CT molecular complexity index is 746. The molecule has 0 aliphatic carbocycles. The topological polar surface area (TPSA) is 131 Å². The van der Waals surface area contributed by atoms with Gasteiger partial charge in [-0.15, -0.1) is 0 Å². The van der Waals surface area contributed by atoms with Crippen LogP contribution in [0.2, 0.25) is 0 Å². The van der Waals surface area contributed by atoms with Gasteiger partial charge in [-0.3, -0.25) is 14.3 Å².